The molecule has 0 heterocycles. The van der Waals surface area contributed by atoms with E-state index in [1.165, 1.54) is 0 Å². The highest BCUT2D eigenvalue weighted by atomic mass is 16.5. The van der Waals surface area contributed by atoms with Crippen LogP contribution in [0.5, 0.6) is 5.75 Å². The number of carbonyl (C=O) groups excluding carboxylic acids is 2. The summed E-state index contributed by atoms with van der Waals surface area (Å²) in [6, 6.07) is 15.6. The maximum absolute atomic E-state index is 12.1. The first-order chi connectivity index (χ1) is 10.7. The summed E-state index contributed by atoms with van der Waals surface area (Å²) in [7, 11) is 0. The van der Waals surface area contributed by atoms with Crippen molar-refractivity contribution in [3.8, 4) is 5.75 Å². The van der Waals surface area contributed by atoms with E-state index in [0.29, 0.717) is 23.5 Å². The van der Waals surface area contributed by atoms with Gasteiger partial charge in [-0.25, -0.2) is 4.79 Å². The Morgan fingerprint density at radius 3 is 2.36 bits per heavy atom. The third-order valence-electron chi connectivity index (χ3n) is 3.00. The molecule has 0 fully saturated rings. The van der Waals surface area contributed by atoms with E-state index in [9.17, 15) is 9.59 Å². The van der Waals surface area contributed by atoms with Gasteiger partial charge in [0, 0.05) is 5.56 Å². The second-order valence-corrected chi connectivity index (χ2v) is 4.71. The van der Waals surface area contributed by atoms with Crippen LogP contribution in [-0.2, 0) is 4.74 Å². The van der Waals surface area contributed by atoms with Gasteiger partial charge < -0.3 is 9.47 Å². The second-order valence-electron chi connectivity index (χ2n) is 4.71. The van der Waals surface area contributed by atoms with E-state index in [0.717, 1.165) is 6.42 Å². The fraction of sp³-hybridized carbons (Fsp3) is 0.222. The molecule has 2 rings (SSSR count). The molecule has 0 saturated heterocycles. The van der Waals surface area contributed by atoms with Crippen molar-refractivity contribution in [3.05, 3.63) is 65.7 Å². The average Bonchev–Trinajstić information content (AvgIpc) is 2.58. The van der Waals surface area contributed by atoms with Crippen LogP contribution in [0.4, 0.5) is 0 Å². The minimum absolute atomic E-state index is 0.235. The number of rotatable bonds is 7. The predicted molar refractivity (Wildman–Crippen MR) is 83.3 cm³/mol. The monoisotopic (exact) mass is 298 g/mol. The molecule has 0 atom stereocenters. The second kappa shape index (κ2) is 7.98. The molecule has 114 valence electrons. The van der Waals surface area contributed by atoms with Gasteiger partial charge in [0.05, 0.1) is 6.61 Å². The van der Waals surface area contributed by atoms with Crippen molar-refractivity contribution in [1.29, 1.82) is 0 Å². The van der Waals surface area contributed by atoms with Gasteiger partial charge in [0.25, 0.3) is 0 Å². The Hall–Kier alpha value is -2.62. The molecule has 0 aliphatic carbocycles. The summed E-state index contributed by atoms with van der Waals surface area (Å²) in [6.07, 6.45) is 0.843. The summed E-state index contributed by atoms with van der Waals surface area (Å²) in [4.78, 5) is 24.0. The van der Waals surface area contributed by atoms with Gasteiger partial charge in [0.15, 0.2) is 12.4 Å². The third-order valence-corrected chi connectivity index (χ3v) is 3.00. The first-order valence-corrected chi connectivity index (χ1v) is 7.19. The van der Waals surface area contributed by atoms with E-state index in [4.69, 9.17) is 9.47 Å². The van der Waals surface area contributed by atoms with Crippen molar-refractivity contribution in [2.45, 2.75) is 13.3 Å². The molecule has 22 heavy (non-hydrogen) atoms. The molecule has 0 saturated carbocycles. The van der Waals surface area contributed by atoms with Crippen LogP contribution < -0.4 is 4.74 Å². The van der Waals surface area contributed by atoms with Gasteiger partial charge in [-0.2, -0.15) is 0 Å². The number of para-hydroxylation sites is 1. The number of esters is 1. The van der Waals surface area contributed by atoms with Gasteiger partial charge in [-0.3, -0.25) is 4.79 Å². The summed E-state index contributed by atoms with van der Waals surface area (Å²) in [5, 5.41) is 0. The predicted octanol–water partition coefficient (Wildman–Crippen LogP) is 3.52. The topological polar surface area (TPSA) is 52.6 Å². The van der Waals surface area contributed by atoms with Crippen molar-refractivity contribution in [1.82, 2.24) is 0 Å². The van der Waals surface area contributed by atoms with Gasteiger partial charge in [-0.1, -0.05) is 49.4 Å². The molecular weight excluding hydrogens is 280 g/mol. The molecule has 0 N–H and O–H groups in total. The summed E-state index contributed by atoms with van der Waals surface area (Å²) in [5.74, 6) is -0.321. The van der Waals surface area contributed by atoms with Crippen molar-refractivity contribution < 1.29 is 19.1 Å². The number of hydrogen-bond acceptors (Lipinski definition) is 4. The fourth-order valence-electron chi connectivity index (χ4n) is 1.89. The van der Waals surface area contributed by atoms with Crippen LogP contribution in [0.3, 0.4) is 0 Å². The summed E-state index contributed by atoms with van der Waals surface area (Å²) in [6.45, 7) is 2.22. The normalized spacial score (nSPS) is 10.0. The zero-order chi connectivity index (χ0) is 15.8. The van der Waals surface area contributed by atoms with E-state index in [1.54, 1.807) is 48.5 Å². The highest BCUT2D eigenvalue weighted by Gasteiger charge is 2.15. The maximum atomic E-state index is 12.1. The van der Waals surface area contributed by atoms with Crippen LogP contribution in [0.1, 0.15) is 34.1 Å². The number of ether oxygens (including phenoxy) is 2. The van der Waals surface area contributed by atoms with Crippen LogP contribution in [0.2, 0.25) is 0 Å². The summed E-state index contributed by atoms with van der Waals surface area (Å²) in [5.41, 5.74) is 0.850. The van der Waals surface area contributed by atoms with Crippen molar-refractivity contribution >= 4 is 11.8 Å². The lowest BCUT2D eigenvalue weighted by atomic mass is 10.1. The molecule has 0 radical (unpaired) electrons. The highest BCUT2D eigenvalue weighted by molar-refractivity contribution is 5.99. The zero-order valence-electron chi connectivity index (χ0n) is 12.5. The van der Waals surface area contributed by atoms with Gasteiger partial charge >= 0.3 is 5.97 Å². The van der Waals surface area contributed by atoms with Gasteiger partial charge in [-0.05, 0) is 18.6 Å². The summed E-state index contributed by atoms with van der Waals surface area (Å²) < 4.78 is 10.6. The molecule has 2 aromatic carbocycles. The Balaban J connectivity index is 1.99. The Labute approximate surface area is 129 Å². The largest absolute Gasteiger partial charge is 0.493 e. The summed E-state index contributed by atoms with van der Waals surface area (Å²) >= 11 is 0. The lowest BCUT2D eigenvalue weighted by molar-refractivity contribution is 0.0470. The molecule has 0 bridgehead atoms. The highest BCUT2D eigenvalue weighted by Crippen LogP contribution is 2.19. The van der Waals surface area contributed by atoms with Gasteiger partial charge in [-0.15, -0.1) is 0 Å². The Bertz CT molecular complexity index is 635. The van der Waals surface area contributed by atoms with Crippen LogP contribution in [0, 0.1) is 0 Å². The molecule has 4 heteroatoms. The maximum Gasteiger partial charge on any atom is 0.342 e. The van der Waals surface area contributed by atoms with Crippen molar-refractivity contribution in [2.24, 2.45) is 0 Å². The minimum Gasteiger partial charge on any atom is -0.493 e. The molecule has 0 amide bonds. The SMILES string of the molecule is CCCOc1ccccc1C(=O)OCC(=O)c1ccccc1. The lowest BCUT2D eigenvalue weighted by Gasteiger charge is -2.10. The Morgan fingerprint density at radius 2 is 1.64 bits per heavy atom. The molecule has 4 nitrogen and oxygen atoms in total. The van der Waals surface area contributed by atoms with Crippen LogP contribution in [0.15, 0.2) is 54.6 Å². The lowest BCUT2D eigenvalue weighted by Crippen LogP contribution is -2.15. The van der Waals surface area contributed by atoms with Crippen LogP contribution in [0.25, 0.3) is 0 Å². The Morgan fingerprint density at radius 1 is 0.955 bits per heavy atom. The van der Waals surface area contributed by atoms with E-state index in [-0.39, 0.29) is 12.4 Å². The average molecular weight is 298 g/mol. The molecule has 0 aliphatic heterocycles. The van der Waals surface area contributed by atoms with Gasteiger partial charge in [0.1, 0.15) is 11.3 Å². The van der Waals surface area contributed by atoms with E-state index < -0.39 is 5.97 Å². The minimum atomic E-state index is -0.559. The third kappa shape index (κ3) is 4.19. The number of benzene rings is 2. The van der Waals surface area contributed by atoms with E-state index in [1.807, 2.05) is 13.0 Å². The van der Waals surface area contributed by atoms with E-state index >= 15 is 0 Å². The number of ketones is 1. The zero-order valence-corrected chi connectivity index (χ0v) is 12.5. The molecule has 2 aromatic rings. The Kier molecular flexibility index (Phi) is 5.72. The fourth-order valence-corrected chi connectivity index (χ4v) is 1.89. The molecule has 0 aromatic heterocycles. The van der Waals surface area contributed by atoms with Crippen molar-refractivity contribution in [3.63, 3.8) is 0 Å². The van der Waals surface area contributed by atoms with E-state index in [2.05, 4.69) is 0 Å². The number of hydrogen-bond donors (Lipinski definition) is 0. The molecule has 0 aliphatic rings. The van der Waals surface area contributed by atoms with Crippen molar-refractivity contribution in [2.75, 3.05) is 13.2 Å². The number of Topliss-reactive ketones (excluding diaryl/α,β-unsaturated/α-hetero) is 1. The first kappa shape index (κ1) is 15.8. The molecule has 0 unspecified atom stereocenters. The van der Waals surface area contributed by atoms with Gasteiger partial charge in [0.2, 0.25) is 0 Å². The molecule has 0 spiro atoms. The number of carbonyl (C=O) groups is 2. The smallest absolute Gasteiger partial charge is 0.342 e. The standard InChI is InChI=1S/C18H18O4/c1-2-12-21-17-11-7-6-10-15(17)18(20)22-13-16(19)14-8-4-3-5-9-14/h3-11H,2,12-13H2,1H3. The first-order valence-electron chi connectivity index (χ1n) is 7.19. The molecular formula is C18H18O4. The quantitative estimate of drug-likeness (QED) is 0.580. The van der Waals surface area contributed by atoms with Crippen LogP contribution in [-0.4, -0.2) is 25.0 Å². The van der Waals surface area contributed by atoms with Crippen LogP contribution >= 0.6 is 0 Å².